The Balaban J connectivity index is 1.79. The van der Waals surface area contributed by atoms with Gasteiger partial charge in [0, 0.05) is 22.6 Å². The van der Waals surface area contributed by atoms with Crippen LogP contribution < -0.4 is 4.74 Å². The van der Waals surface area contributed by atoms with Gasteiger partial charge in [-0.3, -0.25) is 9.59 Å². The maximum atomic E-state index is 12.4. The predicted octanol–water partition coefficient (Wildman–Crippen LogP) is 3.24. The number of rotatable bonds is 6. The molecular weight excluding hydrogens is 306 g/mol. The molecule has 3 rings (SSSR count). The van der Waals surface area contributed by atoms with Crippen LogP contribution in [0, 0.1) is 19.8 Å². The van der Waals surface area contributed by atoms with E-state index in [0.717, 1.165) is 35.7 Å². The van der Waals surface area contributed by atoms with Crippen molar-refractivity contribution in [2.75, 3.05) is 13.7 Å². The fourth-order valence-corrected chi connectivity index (χ4v) is 2.83. The van der Waals surface area contributed by atoms with Gasteiger partial charge in [0.25, 0.3) is 0 Å². The molecule has 1 fully saturated rings. The van der Waals surface area contributed by atoms with Gasteiger partial charge in [0.15, 0.2) is 6.61 Å². The molecule has 126 valence electrons. The topological polar surface area (TPSA) is 57.5 Å². The quantitative estimate of drug-likeness (QED) is 0.604. The van der Waals surface area contributed by atoms with E-state index in [0.29, 0.717) is 5.56 Å². The molecule has 2 aromatic rings. The third-order valence-corrected chi connectivity index (χ3v) is 4.32. The van der Waals surface area contributed by atoms with Crippen molar-refractivity contribution in [3.63, 3.8) is 0 Å². The third-order valence-electron chi connectivity index (χ3n) is 4.32. The molecule has 0 amide bonds. The number of ether oxygens (including phenoxy) is 2. The van der Waals surface area contributed by atoms with Gasteiger partial charge in [-0.25, -0.2) is 0 Å². The van der Waals surface area contributed by atoms with Crippen LogP contribution >= 0.6 is 0 Å². The molecule has 1 heterocycles. The number of carbonyl (C=O) groups is 2. The molecule has 0 radical (unpaired) electrons. The number of ketones is 1. The smallest absolute Gasteiger partial charge is 0.309 e. The lowest BCUT2D eigenvalue weighted by Crippen LogP contribution is -2.15. The zero-order chi connectivity index (χ0) is 17.3. The number of carbonyl (C=O) groups excluding carboxylic acids is 2. The number of nitrogens with zero attached hydrogens (tertiary/aromatic N) is 1. The Labute approximate surface area is 141 Å². The molecule has 5 nitrogen and oxygen atoms in total. The van der Waals surface area contributed by atoms with E-state index < -0.39 is 0 Å². The van der Waals surface area contributed by atoms with E-state index in [-0.39, 0.29) is 24.3 Å². The number of benzene rings is 1. The lowest BCUT2D eigenvalue weighted by atomic mass is 10.1. The lowest BCUT2D eigenvalue weighted by Gasteiger charge is -2.10. The van der Waals surface area contributed by atoms with Crippen molar-refractivity contribution < 1.29 is 19.1 Å². The van der Waals surface area contributed by atoms with Crippen LogP contribution in [0.3, 0.4) is 0 Å². The van der Waals surface area contributed by atoms with Gasteiger partial charge >= 0.3 is 5.97 Å². The lowest BCUT2D eigenvalue weighted by molar-refractivity contribution is -0.144. The fourth-order valence-electron chi connectivity index (χ4n) is 2.83. The molecule has 1 aliphatic rings. The Morgan fingerprint density at radius 1 is 1.17 bits per heavy atom. The number of Topliss-reactive ketones (excluding diaryl/α,β-unsaturated/α-hetero) is 1. The average molecular weight is 327 g/mol. The second kappa shape index (κ2) is 6.51. The first-order valence-corrected chi connectivity index (χ1v) is 8.04. The van der Waals surface area contributed by atoms with Crippen LogP contribution in [0.5, 0.6) is 5.75 Å². The minimum Gasteiger partial charge on any atom is -0.497 e. The van der Waals surface area contributed by atoms with E-state index in [1.807, 2.05) is 48.7 Å². The molecule has 0 saturated heterocycles. The van der Waals surface area contributed by atoms with E-state index in [1.54, 1.807) is 7.11 Å². The number of aryl methyl sites for hydroxylation is 1. The zero-order valence-corrected chi connectivity index (χ0v) is 14.2. The maximum Gasteiger partial charge on any atom is 0.309 e. The summed E-state index contributed by atoms with van der Waals surface area (Å²) in [6.45, 7) is 3.65. The monoisotopic (exact) mass is 327 g/mol. The van der Waals surface area contributed by atoms with Crippen molar-refractivity contribution in [3.8, 4) is 11.4 Å². The Morgan fingerprint density at radius 2 is 1.83 bits per heavy atom. The molecule has 5 heteroatoms. The fraction of sp³-hybridized carbons (Fsp3) is 0.368. The molecule has 0 spiro atoms. The van der Waals surface area contributed by atoms with Crippen LogP contribution in [0.2, 0.25) is 0 Å². The standard InChI is InChI=1S/C19H21NO4/c1-12-10-17(18(21)11-24-19(22)14-4-5-14)13(2)20(12)15-6-8-16(23-3)9-7-15/h6-10,14H,4-5,11H2,1-3H3. The second-order valence-corrected chi connectivity index (χ2v) is 6.12. The molecule has 1 aliphatic carbocycles. The normalized spacial score (nSPS) is 13.6. The Hall–Kier alpha value is -2.56. The van der Waals surface area contributed by atoms with Crippen LogP contribution in [-0.2, 0) is 9.53 Å². The highest BCUT2D eigenvalue weighted by Crippen LogP contribution is 2.30. The summed E-state index contributed by atoms with van der Waals surface area (Å²) in [5, 5.41) is 0. The summed E-state index contributed by atoms with van der Waals surface area (Å²) in [6.07, 6.45) is 1.75. The van der Waals surface area contributed by atoms with Crippen molar-refractivity contribution in [1.82, 2.24) is 4.57 Å². The summed E-state index contributed by atoms with van der Waals surface area (Å²) in [4.78, 5) is 24.0. The molecular formula is C19H21NO4. The van der Waals surface area contributed by atoms with Crippen LogP contribution in [0.15, 0.2) is 30.3 Å². The third kappa shape index (κ3) is 3.20. The van der Waals surface area contributed by atoms with Gasteiger partial charge in [0.05, 0.1) is 13.0 Å². The molecule has 1 saturated carbocycles. The van der Waals surface area contributed by atoms with Crippen LogP contribution in [0.1, 0.15) is 34.6 Å². The molecule has 0 unspecified atom stereocenters. The maximum absolute atomic E-state index is 12.4. The molecule has 1 aromatic carbocycles. The highest BCUT2D eigenvalue weighted by atomic mass is 16.5. The summed E-state index contributed by atoms with van der Waals surface area (Å²) in [5.41, 5.74) is 3.34. The van der Waals surface area contributed by atoms with Crippen LogP contribution in [0.4, 0.5) is 0 Å². The SMILES string of the molecule is COc1ccc(-n2c(C)cc(C(=O)COC(=O)C3CC3)c2C)cc1. The van der Waals surface area contributed by atoms with Crippen molar-refractivity contribution in [2.24, 2.45) is 5.92 Å². The molecule has 0 bridgehead atoms. The number of methoxy groups -OCH3 is 1. The minimum atomic E-state index is -0.257. The van der Waals surface area contributed by atoms with E-state index in [4.69, 9.17) is 9.47 Å². The zero-order valence-electron chi connectivity index (χ0n) is 14.2. The minimum absolute atomic E-state index is 0.00419. The van der Waals surface area contributed by atoms with Crippen LogP contribution in [0.25, 0.3) is 5.69 Å². The van der Waals surface area contributed by atoms with E-state index >= 15 is 0 Å². The number of hydrogen-bond donors (Lipinski definition) is 0. The number of aromatic nitrogens is 1. The first kappa shape index (κ1) is 16.3. The van der Waals surface area contributed by atoms with E-state index in [1.165, 1.54) is 0 Å². The summed E-state index contributed by atoms with van der Waals surface area (Å²) in [6, 6.07) is 9.49. The molecule has 0 atom stereocenters. The Kier molecular flexibility index (Phi) is 4.42. The number of esters is 1. The van der Waals surface area contributed by atoms with Crippen molar-refractivity contribution in [2.45, 2.75) is 26.7 Å². The molecule has 0 N–H and O–H groups in total. The summed E-state index contributed by atoms with van der Waals surface area (Å²) >= 11 is 0. The first-order chi connectivity index (χ1) is 11.5. The van der Waals surface area contributed by atoms with Gasteiger partial charge < -0.3 is 14.0 Å². The van der Waals surface area contributed by atoms with Gasteiger partial charge in [-0.15, -0.1) is 0 Å². The highest BCUT2D eigenvalue weighted by molar-refractivity contribution is 5.99. The largest absolute Gasteiger partial charge is 0.497 e. The summed E-state index contributed by atoms with van der Waals surface area (Å²) in [5.74, 6) is 0.359. The predicted molar refractivity (Wildman–Crippen MR) is 89.8 cm³/mol. The van der Waals surface area contributed by atoms with Gasteiger partial charge in [0.1, 0.15) is 5.75 Å². The summed E-state index contributed by atoms with van der Waals surface area (Å²) < 4.78 is 12.3. The van der Waals surface area contributed by atoms with Gasteiger partial charge in [-0.05, 0) is 57.0 Å². The van der Waals surface area contributed by atoms with E-state index in [9.17, 15) is 9.59 Å². The van der Waals surface area contributed by atoms with Gasteiger partial charge in [-0.2, -0.15) is 0 Å². The molecule has 0 aliphatic heterocycles. The van der Waals surface area contributed by atoms with Gasteiger partial charge in [-0.1, -0.05) is 0 Å². The average Bonchev–Trinajstić information content (AvgIpc) is 3.39. The van der Waals surface area contributed by atoms with Crippen molar-refractivity contribution >= 4 is 11.8 Å². The number of hydrogen-bond acceptors (Lipinski definition) is 4. The van der Waals surface area contributed by atoms with Gasteiger partial charge in [0.2, 0.25) is 5.78 Å². The van der Waals surface area contributed by atoms with Crippen molar-refractivity contribution in [3.05, 3.63) is 47.3 Å². The van der Waals surface area contributed by atoms with E-state index in [2.05, 4.69) is 0 Å². The first-order valence-electron chi connectivity index (χ1n) is 8.04. The van der Waals surface area contributed by atoms with Crippen LogP contribution in [-0.4, -0.2) is 30.0 Å². The Morgan fingerprint density at radius 3 is 2.42 bits per heavy atom. The second-order valence-electron chi connectivity index (χ2n) is 6.12. The highest BCUT2D eigenvalue weighted by Gasteiger charge is 2.31. The van der Waals surface area contributed by atoms with Crippen molar-refractivity contribution in [1.29, 1.82) is 0 Å². The Bertz CT molecular complexity index is 769. The molecule has 1 aromatic heterocycles. The summed E-state index contributed by atoms with van der Waals surface area (Å²) in [7, 11) is 1.63. The molecule has 24 heavy (non-hydrogen) atoms.